The van der Waals surface area contributed by atoms with Crippen LogP contribution in [0.1, 0.15) is 29.8 Å². The number of nitrogens with one attached hydrogen (secondary N) is 1. The third-order valence-electron chi connectivity index (χ3n) is 3.49. The zero-order chi connectivity index (χ0) is 15.3. The summed E-state index contributed by atoms with van der Waals surface area (Å²) in [6.07, 6.45) is 3.22. The average molecular weight is 284 g/mol. The average Bonchev–Trinajstić information content (AvgIpc) is 2.53. The molecular formula is C17H20N2O2. The molecule has 1 aromatic carbocycles. The predicted octanol–water partition coefficient (Wildman–Crippen LogP) is 2.80. The highest BCUT2D eigenvalue weighted by atomic mass is 16.5. The van der Waals surface area contributed by atoms with Gasteiger partial charge in [0.2, 0.25) is 0 Å². The smallest absolute Gasteiger partial charge is 0.252 e. The monoisotopic (exact) mass is 284 g/mol. The number of methoxy groups -OCH3 is 1. The fourth-order valence-electron chi connectivity index (χ4n) is 2.04. The van der Waals surface area contributed by atoms with Gasteiger partial charge in [0.05, 0.1) is 12.7 Å². The second-order valence-corrected chi connectivity index (χ2v) is 5.54. The number of pyridine rings is 1. The molecule has 0 atom stereocenters. The highest BCUT2D eigenvalue weighted by Crippen LogP contribution is 2.24. The van der Waals surface area contributed by atoms with E-state index in [0.717, 1.165) is 11.3 Å². The van der Waals surface area contributed by atoms with Gasteiger partial charge in [-0.15, -0.1) is 0 Å². The molecule has 0 radical (unpaired) electrons. The third-order valence-corrected chi connectivity index (χ3v) is 3.49. The molecule has 2 aromatic rings. The van der Waals surface area contributed by atoms with E-state index in [-0.39, 0.29) is 11.3 Å². The van der Waals surface area contributed by atoms with Crippen molar-refractivity contribution < 1.29 is 9.53 Å². The lowest BCUT2D eigenvalue weighted by molar-refractivity contribution is 0.0945. The minimum absolute atomic E-state index is 0.107. The Bertz CT molecular complexity index is 592. The van der Waals surface area contributed by atoms with E-state index in [1.807, 2.05) is 24.3 Å². The Balaban J connectivity index is 2.01. The first kappa shape index (κ1) is 15.0. The summed E-state index contributed by atoms with van der Waals surface area (Å²) in [6, 6.07) is 11.4. The molecule has 4 nitrogen and oxygen atoms in total. The van der Waals surface area contributed by atoms with E-state index in [4.69, 9.17) is 4.74 Å². The van der Waals surface area contributed by atoms with Crippen molar-refractivity contribution in [1.29, 1.82) is 0 Å². The van der Waals surface area contributed by atoms with Gasteiger partial charge in [0.1, 0.15) is 5.75 Å². The number of benzene rings is 1. The van der Waals surface area contributed by atoms with Gasteiger partial charge < -0.3 is 10.1 Å². The molecule has 1 amide bonds. The second-order valence-electron chi connectivity index (χ2n) is 5.54. The molecular weight excluding hydrogens is 264 g/mol. The van der Waals surface area contributed by atoms with Crippen LogP contribution in [-0.2, 0) is 5.41 Å². The van der Waals surface area contributed by atoms with Crippen molar-refractivity contribution in [2.75, 3.05) is 13.7 Å². The maximum atomic E-state index is 12.1. The standard InChI is InChI=1S/C17H20N2O2/c1-17(2,14-6-8-15(21-3)9-7-14)12-19-16(20)13-5-4-10-18-11-13/h4-11H,12H2,1-3H3,(H,19,20). The first-order valence-corrected chi connectivity index (χ1v) is 6.86. The molecule has 4 heteroatoms. The van der Waals surface area contributed by atoms with Crippen LogP contribution < -0.4 is 10.1 Å². The molecule has 0 aliphatic rings. The fraction of sp³-hybridized carbons (Fsp3) is 0.294. The van der Waals surface area contributed by atoms with E-state index in [1.165, 1.54) is 0 Å². The van der Waals surface area contributed by atoms with Crippen molar-refractivity contribution in [1.82, 2.24) is 10.3 Å². The van der Waals surface area contributed by atoms with Gasteiger partial charge in [-0.25, -0.2) is 0 Å². The Labute approximate surface area is 125 Å². The summed E-state index contributed by atoms with van der Waals surface area (Å²) in [5.41, 5.74) is 1.56. The number of hydrogen-bond donors (Lipinski definition) is 1. The summed E-state index contributed by atoms with van der Waals surface area (Å²) < 4.78 is 5.16. The largest absolute Gasteiger partial charge is 0.497 e. The van der Waals surface area contributed by atoms with E-state index >= 15 is 0 Å². The number of aromatic nitrogens is 1. The van der Waals surface area contributed by atoms with Gasteiger partial charge in [-0.2, -0.15) is 0 Å². The summed E-state index contributed by atoms with van der Waals surface area (Å²) >= 11 is 0. The molecule has 0 fully saturated rings. The lowest BCUT2D eigenvalue weighted by atomic mass is 9.84. The summed E-state index contributed by atoms with van der Waals surface area (Å²) in [7, 11) is 1.65. The summed E-state index contributed by atoms with van der Waals surface area (Å²) in [6.45, 7) is 4.74. The topological polar surface area (TPSA) is 51.2 Å². The van der Waals surface area contributed by atoms with E-state index in [0.29, 0.717) is 12.1 Å². The lowest BCUT2D eigenvalue weighted by Crippen LogP contribution is -2.36. The van der Waals surface area contributed by atoms with Gasteiger partial charge in [-0.1, -0.05) is 26.0 Å². The van der Waals surface area contributed by atoms with E-state index in [9.17, 15) is 4.79 Å². The van der Waals surface area contributed by atoms with Crippen molar-refractivity contribution in [2.45, 2.75) is 19.3 Å². The van der Waals surface area contributed by atoms with Crippen LogP contribution in [0.5, 0.6) is 5.75 Å². The Morgan fingerprint density at radius 2 is 1.95 bits per heavy atom. The number of ether oxygens (including phenoxy) is 1. The third kappa shape index (κ3) is 3.81. The van der Waals surface area contributed by atoms with Gasteiger partial charge in [0.25, 0.3) is 5.91 Å². The zero-order valence-corrected chi connectivity index (χ0v) is 12.6. The van der Waals surface area contributed by atoms with Crippen LogP contribution in [0.25, 0.3) is 0 Å². The van der Waals surface area contributed by atoms with Gasteiger partial charge >= 0.3 is 0 Å². The van der Waals surface area contributed by atoms with Gasteiger partial charge in [0, 0.05) is 24.4 Å². The van der Waals surface area contributed by atoms with Gasteiger partial charge in [-0.05, 0) is 29.8 Å². The summed E-state index contributed by atoms with van der Waals surface area (Å²) in [5, 5.41) is 2.96. The number of nitrogens with zero attached hydrogens (tertiary/aromatic N) is 1. The molecule has 0 saturated carbocycles. The number of amides is 1. The molecule has 1 N–H and O–H groups in total. The van der Waals surface area contributed by atoms with Crippen LogP contribution in [0.15, 0.2) is 48.8 Å². The van der Waals surface area contributed by atoms with E-state index in [2.05, 4.69) is 24.1 Å². The highest BCUT2D eigenvalue weighted by molar-refractivity contribution is 5.93. The maximum absolute atomic E-state index is 12.1. The molecule has 0 aliphatic heterocycles. The Hall–Kier alpha value is -2.36. The minimum Gasteiger partial charge on any atom is -0.497 e. The predicted molar refractivity (Wildman–Crippen MR) is 82.6 cm³/mol. The van der Waals surface area contributed by atoms with Crippen LogP contribution in [0, 0.1) is 0 Å². The zero-order valence-electron chi connectivity index (χ0n) is 12.6. The molecule has 21 heavy (non-hydrogen) atoms. The van der Waals surface area contributed by atoms with Crippen LogP contribution in [-0.4, -0.2) is 24.5 Å². The molecule has 0 spiro atoms. The Morgan fingerprint density at radius 3 is 2.52 bits per heavy atom. The van der Waals surface area contributed by atoms with Crippen LogP contribution in [0.4, 0.5) is 0 Å². The minimum atomic E-state index is -0.163. The number of carbonyl (C=O) groups is 1. The maximum Gasteiger partial charge on any atom is 0.252 e. The number of hydrogen-bond acceptors (Lipinski definition) is 3. The molecule has 2 rings (SSSR count). The molecule has 110 valence electrons. The highest BCUT2D eigenvalue weighted by Gasteiger charge is 2.21. The van der Waals surface area contributed by atoms with Gasteiger partial charge in [0.15, 0.2) is 0 Å². The summed E-state index contributed by atoms with van der Waals surface area (Å²) in [5.74, 6) is 0.721. The number of carbonyl (C=O) groups excluding carboxylic acids is 1. The molecule has 1 heterocycles. The Kier molecular flexibility index (Phi) is 4.58. The van der Waals surface area contributed by atoms with Gasteiger partial charge in [-0.3, -0.25) is 9.78 Å². The van der Waals surface area contributed by atoms with Crippen molar-refractivity contribution in [3.05, 3.63) is 59.9 Å². The lowest BCUT2D eigenvalue weighted by Gasteiger charge is -2.25. The molecule has 0 unspecified atom stereocenters. The van der Waals surface area contributed by atoms with Crippen molar-refractivity contribution in [3.8, 4) is 5.75 Å². The molecule has 0 bridgehead atoms. The van der Waals surface area contributed by atoms with Crippen molar-refractivity contribution >= 4 is 5.91 Å². The van der Waals surface area contributed by atoms with Crippen LogP contribution in [0.2, 0.25) is 0 Å². The van der Waals surface area contributed by atoms with E-state index in [1.54, 1.807) is 31.6 Å². The SMILES string of the molecule is COc1ccc(C(C)(C)CNC(=O)c2cccnc2)cc1. The Morgan fingerprint density at radius 1 is 1.24 bits per heavy atom. The van der Waals surface area contributed by atoms with Crippen LogP contribution >= 0.6 is 0 Å². The molecule has 1 aromatic heterocycles. The normalized spacial score (nSPS) is 11.0. The van der Waals surface area contributed by atoms with Crippen molar-refractivity contribution in [2.24, 2.45) is 0 Å². The second kappa shape index (κ2) is 6.39. The summed E-state index contributed by atoms with van der Waals surface area (Å²) in [4.78, 5) is 16.0. The first-order chi connectivity index (χ1) is 10.0. The molecule has 0 saturated heterocycles. The number of rotatable bonds is 5. The van der Waals surface area contributed by atoms with Crippen LogP contribution in [0.3, 0.4) is 0 Å². The first-order valence-electron chi connectivity index (χ1n) is 6.86. The van der Waals surface area contributed by atoms with Crippen molar-refractivity contribution in [3.63, 3.8) is 0 Å². The fourth-order valence-corrected chi connectivity index (χ4v) is 2.04. The van der Waals surface area contributed by atoms with E-state index < -0.39 is 0 Å². The quantitative estimate of drug-likeness (QED) is 0.918. The molecule has 0 aliphatic carbocycles.